The van der Waals surface area contributed by atoms with Crippen LogP contribution >= 0.6 is 0 Å². The molecule has 0 aromatic carbocycles. The van der Waals surface area contributed by atoms with Gasteiger partial charge in [-0.05, 0) is 32.8 Å². The van der Waals surface area contributed by atoms with E-state index in [2.05, 4.69) is 6.92 Å². The van der Waals surface area contributed by atoms with E-state index in [-0.39, 0.29) is 6.54 Å². The molecule has 106 valence electrons. The van der Waals surface area contributed by atoms with Crippen molar-refractivity contribution in [2.75, 3.05) is 26.2 Å². The van der Waals surface area contributed by atoms with E-state index in [4.69, 9.17) is 0 Å². The zero-order valence-corrected chi connectivity index (χ0v) is 11.9. The zero-order valence-electron chi connectivity index (χ0n) is 11.9. The Hall–Kier alpha value is -1.03. The van der Waals surface area contributed by atoms with Crippen LogP contribution in [0, 0.1) is 0 Å². The van der Waals surface area contributed by atoms with Gasteiger partial charge in [0.25, 0.3) is 0 Å². The van der Waals surface area contributed by atoms with Gasteiger partial charge in [-0.2, -0.15) is 0 Å². The standard InChI is InChI=1S/C14H27NO3/c1-4-7-8-9-10-13(16)11-15(5-2,6-3)12-14(17)18/h10H,4-9,11-12H2,1-3H3,(H-,16,17,18)/b13-10-. The number of hydrogen-bond acceptors (Lipinski definition) is 3. The first-order valence-corrected chi connectivity index (χ1v) is 6.92. The molecule has 0 saturated carbocycles. The van der Waals surface area contributed by atoms with Crippen LogP contribution in [-0.2, 0) is 4.79 Å². The Kier molecular flexibility index (Phi) is 8.46. The molecule has 0 atom stereocenters. The van der Waals surface area contributed by atoms with Crippen molar-refractivity contribution in [2.24, 2.45) is 0 Å². The van der Waals surface area contributed by atoms with Crippen molar-refractivity contribution in [3.05, 3.63) is 11.8 Å². The Labute approximate surface area is 111 Å². The third-order valence-corrected chi connectivity index (χ3v) is 3.49. The van der Waals surface area contributed by atoms with E-state index in [1.165, 1.54) is 0 Å². The van der Waals surface area contributed by atoms with Crippen LogP contribution in [0.3, 0.4) is 0 Å². The maximum absolute atomic E-state index is 10.8. The number of carbonyl (C=O) groups excluding carboxylic acids is 1. The van der Waals surface area contributed by atoms with Gasteiger partial charge in [0, 0.05) is 0 Å². The summed E-state index contributed by atoms with van der Waals surface area (Å²) in [6, 6.07) is 0. The van der Waals surface area contributed by atoms with E-state index in [1.54, 1.807) is 0 Å². The van der Waals surface area contributed by atoms with Gasteiger partial charge < -0.3 is 19.5 Å². The molecule has 0 aliphatic rings. The summed E-state index contributed by atoms with van der Waals surface area (Å²) in [4.78, 5) is 10.8. The average Bonchev–Trinajstić information content (AvgIpc) is 2.33. The summed E-state index contributed by atoms with van der Waals surface area (Å²) in [5, 5.41) is 20.7. The fraction of sp³-hybridized carbons (Fsp3) is 0.786. The third-order valence-electron chi connectivity index (χ3n) is 3.49. The number of carboxylic acid groups (broad SMARTS) is 1. The SMILES string of the molecule is CCCCC/C=C(\O)C[N+](CC)(CC)CC(=O)[O-]. The van der Waals surface area contributed by atoms with Crippen molar-refractivity contribution in [1.82, 2.24) is 0 Å². The number of hydrogen-bond donors (Lipinski definition) is 1. The lowest BCUT2D eigenvalue weighted by atomic mass is 10.2. The monoisotopic (exact) mass is 257 g/mol. The molecule has 0 rings (SSSR count). The van der Waals surface area contributed by atoms with Gasteiger partial charge in [0.2, 0.25) is 0 Å². The Morgan fingerprint density at radius 3 is 2.22 bits per heavy atom. The topological polar surface area (TPSA) is 60.4 Å². The van der Waals surface area contributed by atoms with Crippen LogP contribution in [0.2, 0.25) is 0 Å². The highest BCUT2D eigenvalue weighted by Crippen LogP contribution is 2.11. The van der Waals surface area contributed by atoms with Crippen LogP contribution < -0.4 is 5.11 Å². The van der Waals surface area contributed by atoms with Crippen LogP contribution in [-0.4, -0.2) is 41.7 Å². The van der Waals surface area contributed by atoms with Gasteiger partial charge >= 0.3 is 0 Å². The van der Waals surface area contributed by atoms with Crippen molar-refractivity contribution < 1.29 is 19.5 Å². The van der Waals surface area contributed by atoms with Gasteiger partial charge in [0.1, 0.15) is 18.8 Å². The summed E-state index contributed by atoms with van der Waals surface area (Å²) in [6.07, 6.45) is 6.06. The van der Waals surface area contributed by atoms with E-state index >= 15 is 0 Å². The quantitative estimate of drug-likeness (QED) is 0.367. The second-order valence-electron chi connectivity index (χ2n) is 4.85. The van der Waals surface area contributed by atoms with Gasteiger partial charge in [-0.3, -0.25) is 0 Å². The molecule has 0 bridgehead atoms. The predicted molar refractivity (Wildman–Crippen MR) is 70.9 cm³/mol. The molecule has 18 heavy (non-hydrogen) atoms. The summed E-state index contributed by atoms with van der Waals surface area (Å²) >= 11 is 0. The Morgan fingerprint density at radius 1 is 1.17 bits per heavy atom. The highest BCUT2D eigenvalue weighted by Gasteiger charge is 2.24. The minimum Gasteiger partial charge on any atom is -0.544 e. The number of unbranched alkanes of at least 4 members (excludes halogenated alkanes) is 3. The lowest BCUT2D eigenvalue weighted by Gasteiger charge is -2.36. The van der Waals surface area contributed by atoms with Crippen LogP contribution in [0.25, 0.3) is 0 Å². The lowest BCUT2D eigenvalue weighted by Crippen LogP contribution is -2.54. The Bertz CT molecular complexity index is 270. The molecule has 0 aromatic rings. The van der Waals surface area contributed by atoms with E-state index in [0.717, 1.165) is 25.7 Å². The Morgan fingerprint density at radius 2 is 1.78 bits per heavy atom. The number of carboxylic acids is 1. The third kappa shape index (κ3) is 6.64. The molecule has 0 radical (unpaired) electrons. The fourth-order valence-electron chi connectivity index (χ4n) is 2.07. The maximum Gasteiger partial charge on any atom is 0.143 e. The van der Waals surface area contributed by atoms with Crippen LogP contribution in [0.5, 0.6) is 0 Å². The molecule has 0 heterocycles. The van der Waals surface area contributed by atoms with E-state index in [1.807, 2.05) is 19.9 Å². The van der Waals surface area contributed by atoms with E-state index in [9.17, 15) is 15.0 Å². The zero-order chi connectivity index (χ0) is 14.0. The average molecular weight is 257 g/mol. The number of quaternary nitrogens is 1. The first-order chi connectivity index (χ1) is 8.49. The summed E-state index contributed by atoms with van der Waals surface area (Å²) < 4.78 is 0.346. The number of nitrogens with zero attached hydrogens (tertiary/aromatic N) is 1. The summed E-state index contributed by atoms with van der Waals surface area (Å²) in [6.45, 7) is 7.72. The summed E-state index contributed by atoms with van der Waals surface area (Å²) in [5.74, 6) is -0.756. The number of likely N-dealkylation sites (N-methyl/N-ethyl adjacent to an activating group) is 1. The predicted octanol–water partition coefficient (Wildman–Crippen LogP) is 1.62. The number of aliphatic hydroxyl groups excluding tert-OH is 1. The van der Waals surface area contributed by atoms with Crippen LogP contribution in [0.15, 0.2) is 11.8 Å². The van der Waals surface area contributed by atoms with Crippen molar-refractivity contribution in [3.8, 4) is 0 Å². The number of allylic oxidation sites excluding steroid dienone is 1. The molecule has 4 nitrogen and oxygen atoms in total. The molecule has 1 N–H and O–H groups in total. The highest BCUT2D eigenvalue weighted by molar-refractivity contribution is 5.65. The highest BCUT2D eigenvalue weighted by atomic mass is 16.4. The first kappa shape index (κ1) is 17.0. The van der Waals surface area contributed by atoms with Crippen LogP contribution in [0.1, 0.15) is 46.5 Å². The molecule has 0 saturated heterocycles. The van der Waals surface area contributed by atoms with Crippen LogP contribution in [0.4, 0.5) is 0 Å². The van der Waals surface area contributed by atoms with Gasteiger partial charge in [0.05, 0.1) is 19.1 Å². The van der Waals surface area contributed by atoms with Gasteiger partial charge in [0.15, 0.2) is 0 Å². The van der Waals surface area contributed by atoms with E-state index in [0.29, 0.717) is 29.9 Å². The van der Waals surface area contributed by atoms with Crippen molar-refractivity contribution in [2.45, 2.75) is 46.5 Å². The maximum atomic E-state index is 10.8. The molecule has 0 amide bonds. The smallest absolute Gasteiger partial charge is 0.143 e. The first-order valence-electron chi connectivity index (χ1n) is 6.92. The molecule has 0 unspecified atom stereocenters. The number of aliphatic carboxylic acids is 1. The minimum atomic E-state index is -1.06. The molecule has 0 aromatic heterocycles. The largest absolute Gasteiger partial charge is 0.544 e. The summed E-state index contributed by atoms with van der Waals surface area (Å²) in [5.41, 5.74) is 0. The lowest BCUT2D eigenvalue weighted by molar-refractivity contribution is -0.916. The fourth-order valence-corrected chi connectivity index (χ4v) is 2.07. The van der Waals surface area contributed by atoms with Crippen molar-refractivity contribution >= 4 is 5.97 Å². The number of rotatable bonds is 10. The minimum absolute atomic E-state index is 0.0418. The molecule has 0 fully saturated rings. The number of aliphatic hydroxyl groups is 1. The van der Waals surface area contributed by atoms with Crippen molar-refractivity contribution in [3.63, 3.8) is 0 Å². The van der Waals surface area contributed by atoms with Gasteiger partial charge in [-0.25, -0.2) is 0 Å². The second kappa shape index (κ2) is 8.97. The van der Waals surface area contributed by atoms with Gasteiger partial charge in [-0.15, -0.1) is 0 Å². The molecular formula is C14H27NO3. The molecular weight excluding hydrogens is 230 g/mol. The molecule has 0 aliphatic heterocycles. The summed E-state index contributed by atoms with van der Waals surface area (Å²) in [7, 11) is 0. The molecule has 0 aliphatic carbocycles. The molecule has 0 spiro atoms. The van der Waals surface area contributed by atoms with Gasteiger partial charge in [-0.1, -0.05) is 19.8 Å². The second-order valence-corrected chi connectivity index (χ2v) is 4.85. The molecule has 4 heteroatoms. The Balaban J connectivity index is 4.42. The number of carbonyl (C=O) groups is 1. The van der Waals surface area contributed by atoms with E-state index < -0.39 is 5.97 Å². The normalized spacial score (nSPS) is 12.7. The van der Waals surface area contributed by atoms with Crippen molar-refractivity contribution in [1.29, 1.82) is 0 Å².